The first-order valence-electron chi connectivity index (χ1n) is 5.18. The SMILES string of the molecule is Cc1ccc(Cl)cc1Oc1nnccc1C(=N)N. The monoisotopic (exact) mass is 262 g/mol. The van der Waals surface area contributed by atoms with Crippen molar-refractivity contribution in [3.63, 3.8) is 0 Å². The molecule has 18 heavy (non-hydrogen) atoms. The number of ether oxygens (including phenoxy) is 1. The summed E-state index contributed by atoms with van der Waals surface area (Å²) in [6.07, 6.45) is 1.45. The summed E-state index contributed by atoms with van der Waals surface area (Å²) < 4.78 is 5.60. The molecule has 2 rings (SSSR count). The second-order valence-corrected chi connectivity index (χ2v) is 4.11. The van der Waals surface area contributed by atoms with Crippen LogP contribution in [0, 0.1) is 12.3 Å². The first-order chi connectivity index (χ1) is 8.58. The van der Waals surface area contributed by atoms with E-state index in [1.165, 1.54) is 6.20 Å². The Bertz CT molecular complexity index is 600. The van der Waals surface area contributed by atoms with Crippen molar-refractivity contribution in [2.24, 2.45) is 5.73 Å². The van der Waals surface area contributed by atoms with E-state index in [0.717, 1.165) is 5.56 Å². The number of rotatable bonds is 3. The van der Waals surface area contributed by atoms with Gasteiger partial charge >= 0.3 is 0 Å². The van der Waals surface area contributed by atoms with Crippen LogP contribution < -0.4 is 10.5 Å². The standard InChI is InChI=1S/C12H11ClN4O/c1-7-2-3-8(13)6-10(7)18-12-9(11(14)15)4-5-16-17-12/h2-6H,1H3,(H3,14,15). The predicted molar refractivity (Wildman–Crippen MR) is 69.3 cm³/mol. The Morgan fingerprint density at radius 2 is 2.17 bits per heavy atom. The zero-order valence-electron chi connectivity index (χ0n) is 9.64. The van der Waals surface area contributed by atoms with E-state index in [1.54, 1.807) is 18.2 Å². The van der Waals surface area contributed by atoms with Gasteiger partial charge in [0.05, 0.1) is 11.8 Å². The minimum atomic E-state index is -0.125. The van der Waals surface area contributed by atoms with Crippen LogP contribution in [0.25, 0.3) is 0 Å². The number of aromatic nitrogens is 2. The Kier molecular flexibility index (Phi) is 3.43. The van der Waals surface area contributed by atoms with Gasteiger partial charge in [0.2, 0.25) is 5.88 Å². The van der Waals surface area contributed by atoms with Crippen molar-refractivity contribution in [2.75, 3.05) is 0 Å². The van der Waals surface area contributed by atoms with Crippen LogP contribution in [0.5, 0.6) is 11.6 Å². The summed E-state index contributed by atoms with van der Waals surface area (Å²) in [7, 11) is 0. The van der Waals surface area contributed by atoms with Gasteiger partial charge in [0, 0.05) is 5.02 Å². The van der Waals surface area contributed by atoms with Crippen LogP contribution in [-0.2, 0) is 0 Å². The lowest BCUT2D eigenvalue weighted by Gasteiger charge is -2.10. The number of amidine groups is 1. The number of aryl methyl sites for hydroxylation is 1. The summed E-state index contributed by atoms with van der Waals surface area (Å²) in [5.41, 5.74) is 6.74. The maximum absolute atomic E-state index is 7.44. The van der Waals surface area contributed by atoms with Crippen molar-refractivity contribution < 1.29 is 4.74 Å². The number of nitrogens with two attached hydrogens (primary N) is 1. The molecule has 92 valence electrons. The molecule has 2 aromatic rings. The van der Waals surface area contributed by atoms with Crippen molar-refractivity contribution in [1.82, 2.24) is 10.2 Å². The second-order valence-electron chi connectivity index (χ2n) is 3.68. The summed E-state index contributed by atoms with van der Waals surface area (Å²) in [6.45, 7) is 1.88. The molecule has 0 saturated carbocycles. The molecule has 0 aliphatic heterocycles. The quantitative estimate of drug-likeness (QED) is 0.657. The molecule has 0 unspecified atom stereocenters. The van der Waals surface area contributed by atoms with Gasteiger partial charge in [-0.05, 0) is 30.7 Å². The van der Waals surface area contributed by atoms with E-state index in [2.05, 4.69) is 10.2 Å². The van der Waals surface area contributed by atoms with Crippen LogP contribution in [0.15, 0.2) is 30.5 Å². The lowest BCUT2D eigenvalue weighted by Crippen LogP contribution is -2.13. The molecular formula is C12H11ClN4O. The summed E-state index contributed by atoms with van der Waals surface area (Å²) in [4.78, 5) is 0. The molecule has 0 atom stereocenters. The highest BCUT2D eigenvalue weighted by molar-refractivity contribution is 6.30. The molecule has 3 N–H and O–H groups in total. The summed E-state index contributed by atoms with van der Waals surface area (Å²) in [5, 5.41) is 15.5. The Morgan fingerprint density at radius 1 is 1.39 bits per heavy atom. The Balaban J connectivity index is 2.40. The molecule has 0 spiro atoms. The van der Waals surface area contributed by atoms with E-state index in [-0.39, 0.29) is 11.7 Å². The van der Waals surface area contributed by atoms with Crippen molar-refractivity contribution in [2.45, 2.75) is 6.92 Å². The highest BCUT2D eigenvalue weighted by Gasteiger charge is 2.11. The number of benzene rings is 1. The normalized spacial score (nSPS) is 10.1. The number of nitrogen functional groups attached to an aromatic ring is 1. The maximum atomic E-state index is 7.44. The second kappa shape index (κ2) is 5.01. The molecule has 0 aliphatic carbocycles. The molecule has 5 nitrogen and oxygen atoms in total. The lowest BCUT2D eigenvalue weighted by molar-refractivity contribution is 0.450. The number of nitrogens with one attached hydrogen (secondary N) is 1. The highest BCUT2D eigenvalue weighted by Crippen LogP contribution is 2.28. The molecule has 0 fully saturated rings. The average molecular weight is 263 g/mol. The molecule has 6 heteroatoms. The summed E-state index contributed by atoms with van der Waals surface area (Å²) in [6, 6.07) is 6.85. The van der Waals surface area contributed by atoms with Gasteiger partial charge in [0.25, 0.3) is 0 Å². The lowest BCUT2D eigenvalue weighted by atomic mass is 10.2. The molecular weight excluding hydrogens is 252 g/mol. The molecule has 1 aromatic heterocycles. The molecule has 0 aliphatic rings. The van der Waals surface area contributed by atoms with Crippen LogP contribution in [0.4, 0.5) is 0 Å². The van der Waals surface area contributed by atoms with Crippen LogP contribution in [0.3, 0.4) is 0 Å². The Labute approximate surface area is 109 Å². The minimum Gasteiger partial charge on any atom is -0.437 e. The third-order valence-corrected chi connectivity index (χ3v) is 2.57. The van der Waals surface area contributed by atoms with Gasteiger partial charge in [-0.2, -0.15) is 5.10 Å². The highest BCUT2D eigenvalue weighted by atomic mass is 35.5. The van der Waals surface area contributed by atoms with Crippen molar-refractivity contribution >= 4 is 17.4 Å². The number of halogens is 1. The van der Waals surface area contributed by atoms with Crippen LogP contribution in [0.1, 0.15) is 11.1 Å². The van der Waals surface area contributed by atoms with Gasteiger partial charge in [-0.1, -0.05) is 17.7 Å². The molecule has 1 aromatic carbocycles. The summed E-state index contributed by atoms with van der Waals surface area (Å²) in [5.74, 6) is 0.625. The van der Waals surface area contributed by atoms with E-state index >= 15 is 0 Å². The first kappa shape index (κ1) is 12.3. The first-order valence-corrected chi connectivity index (χ1v) is 5.56. The van der Waals surface area contributed by atoms with Crippen molar-refractivity contribution in [3.8, 4) is 11.6 Å². The third-order valence-electron chi connectivity index (χ3n) is 2.33. The van der Waals surface area contributed by atoms with Gasteiger partial charge < -0.3 is 10.5 Å². The number of nitrogens with zero attached hydrogens (tertiary/aromatic N) is 2. The number of hydrogen-bond acceptors (Lipinski definition) is 4. The van der Waals surface area contributed by atoms with Gasteiger partial charge in [-0.25, -0.2) is 0 Å². The molecule has 0 radical (unpaired) electrons. The fourth-order valence-corrected chi connectivity index (χ4v) is 1.55. The fraction of sp³-hybridized carbons (Fsp3) is 0.0833. The van der Waals surface area contributed by atoms with E-state index in [0.29, 0.717) is 16.3 Å². The topological polar surface area (TPSA) is 84.9 Å². The van der Waals surface area contributed by atoms with Gasteiger partial charge in [-0.3, -0.25) is 5.41 Å². The molecule has 0 saturated heterocycles. The Morgan fingerprint density at radius 3 is 2.89 bits per heavy atom. The van der Waals surface area contributed by atoms with Crippen LogP contribution in [-0.4, -0.2) is 16.0 Å². The smallest absolute Gasteiger partial charge is 0.249 e. The fourth-order valence-electron chi connectivity index (χ4n) is 1.39. The maximum Gasteiger partial charge on any atom is 0.249 e. The molecule has 1 heterocycles. The van der Waals surface area contributed by atoms with Crippen molar-refractivity contribution in [1.29, 1.82) is 5.41 Å². The van der Waals surface area contributed by atoms with Crippen LogP contribution >= 0.6 is 11.6 Å². The zero-order chi connectivity index (χ0) is 13.1. The Hall–Kier alpha value is -2.14. The predicted octanol–water partition coefficient (Wildman–Crippen LogP) is 2.51. The van der Waals surface area contributed by atoms with E-state index in [4.69, 9.17) is 27.5 Å². The number of hydrogen-bond donors (Lipinski definition) is 2. The minimum absolute atomic E-state index is 0.125. The molecule has 0 bridgehead atoms. The van der Waals surface area contributed by atoms with Gasteiger partial charge in [-0.15, -0.1) is 5.10 Å². The zero-order valence-corrected chi connectivity index (χ0v) is 10.4. The van der Waals surface area contributed by atoms with Crippen molar-refractivity contribution in [3.05, 3.63) is 46.6 Å². The van der Waals surface area contributed by atoms with E-state index in [1.807, 2.05) is 13.0 Å². The van der Waals surface area contributed by atoms with Gasteiger partial charge in [0.15, 0.2) is 0 Å². The van der Waals surface area contributed by atoms with E-state index in [9.17, 15) is 0 Å². The molecule has 0 amide bonds. The van der Waals surface area contributed by atoms with Crippen LogP contribution in [0.2, 0.25) is 5.02 Å². The van der Waals surface area contributed by atoms with Gasteiger partial charge in [0.1, 0.15) is 11.6 Å². The third kappa shape index (κ3) is 2.57. The van der Waals surface area contributed by atoms with E-state index < -0.39 is 0 Å². The summed E-state index contributed by atoms with van der Waals surface area (Å²) >= 11 is 5.90. The largest absolute Gasteiger partial charge is 0.437 e. The average Bonchev–Trinajstić information content (AvgIpc) is 2.34.